The Labute approximate surface area is 137 Å². The number of carbonyl (C=O) groups is 1. The molecular formula is C16H23Cl2NO2. The second-order valence-electron chi connectivity index (χ2n) is 5.41. The average Bonchev–Trinajstić information content (AvgIpc) is 2.41. The molecule has 0 radical (unpaired) electrons. The zero-order chi connectivity index (χ0) is 15.7. The van der Waals surface area contributed by atoms with Gasteiger partial charge in [0.25, 0.3) is 0 Å². The van der Waals surface area contributed by atoms with Crippen molar-refractivity contribution in [3.63, 3.8) is 0 Å². The number of hydrogen-bond donors (Lipinski definition) is 1. The molecule has 0 saturated carbocycles. The molecule has 118 valence electrons. The molecule has 1 rings (SSSR count). The molecule has 0 heterocycles. The number of benzene rings is 1. The first-order valence-electron chi connectivity index (χ1n) is 7.33. The van der Waals surface area contributed by atoms with Gasteiger partial charge >= 0.3 is 0 Å². The monoisotopic (exact) mass is 331 g/mol. The van der Waals surface area contributed by atoms with E-state index in [-0.39, 0.29) is 5.91 Å². The van der Waals surface area contributed by atoms with Gasteiger partial charge in [-0.1, -0.05) is 37.0 Å². The topological polar surface area (TPSA) is 38.3 Å². The number of amides is 1. The van der Waals surface area contributed by atoms with Crippen LogP contribution in [0.1, 0.15) is 39.5 Å². The van der Waals surface area contributed by atoms with Gasteiger partial charge in [0.05, 0.1) is 11.6 Å². The summed E-state index contributed by atoms with van der Waals surface area (Å²) in [5.41, 5.74) is 0. The van der Waals surface area contributed by atoms with Gasteiger partial charge < -0.3 is 10.1 Å². The highest BCUT2D eigenvalue weighted by atomic mass is 35.5. The molecule has 0 aromatic heterocycles. The zero-order valence-corrected chi connectivity index (χ0v) is 14.1. The van der Waals surface area contributed by atoms with Crippen LogP contribution in [0.5, 0.6) is 5.75 Å². The summed E-state index contributed by atoms with van der Waals surface area (Å²) < 4.78 is 5.53. The molecule has 0 atom stereocenters. The third kappa shape index (κ3) is 8.18. The van der Waals surface area contributed by atoms with Crippen molar-refractivity contribution >= 4 is 29.1 Å². The Morgan fingerprint density at radius 3 is 2.71 bits per heavy atom. The van der Waals surface area contributed by atoms with Gasteiger partial charge in [-0.2, -0.15) is 0 Å². The van der Waals surface area contributed by atoms with E-state index in [0.717, 1.165) is 19.4 Å². The standard InChI is InChI=1S/C16H23Cl2NO2/c1-12(2)5-3-9-19-16(20)6-4-10-21-15-8-7-13(17)11-14(15)18/h7-8,11-12H,3-6,9-10H2,1-2H3,(H,19,20). The van der Waals surface area contributed by atoms with Gasteiger partial charge in [-0.3, -0.25) is 4.79 Å². The Morgan fingerprint density at radius 2 is 2.05 bits per heavy atom. The molecular weight excluding hydrogens is 309 g/mol. The Hall–Kier alpha value is -0.930. The van der Waals surface area contributed by atoms with Gasteiger partial charge in [-0.05, 0) is 43.4 Å². The van der Waals surface area contributed by atoms with Gasteiger partial charge in [0.15, 0.2) is 0 Å². The fourth-order valence-electron chi connectivity index (χ4n) is 1.83. The maximum atomic E-state index is 11.6. The van der Waals surface area contributed by atoms with Crippen LogP contribution >= 0.6 is 23.2 Å². The summed E-state index contributed by atoms with van der Waals surface area (Å²) in [4.78, 5) is 11.6. The highest BCUT2D eigenvalue weighted by Gasteiger charge is 2.04. The smallest absolute Gasteiger partial charge is 0.220 e. The van der Waals surface area contributed by atoms with Gasteiger partial charge in [0.2, 0.25) is 5.91 Å². The Balaban J connectivity index is 2.12. The molecule has 0 bridgehead atoms. The van der Waals surface area contributed by atoms with Gasteiger partial charge in [-0.25, -0.2) is 0 Å². The molecule has 0 spiro atoms. The molecule has 5 heteroatoms. The van der Waals surface area contributed by atoms with Crippen LogP contribution in [0, 0.1) is 5.92 Å². The van der Waals surface area contributed by atoms with Crippen LogP contribution < -0.4 is 10.1 Å². The van der Waals surface area contributed by atoms with Crippen LogP contribution in [0.15, 0.2) is 18.2 Å². The first kappa shape index (κ1) is 18.1. The summed E-state index contributed by atoms with van der Waals surface area (Å²) >= 11 is 11.8. The lowest BCUT2D eigenvalue weighted by molar-refractivity contribution is -0.121. The van der Waals surface area contributed by atoms with Crippen molar-refractivity contribution in [2.75, 3.05) is 13.2 Å². The van der Waals surface area contributed by atoms with Crippen molar-refractivity contribution in [2.24, 2.45) is 5.92 Å². The van der Waals surface area contributed by atoms with E-state index in [2.05, 4.69) is 19.2 Å². The first-order chi connectivity index (χ1) is 9.99. The van der Waals surface area contributed by atoms with Crippen molar-refractivity contribution in [1.82, 2.24) is 5.32 Å². The summed E-state index contributed by atoms with van der Waals surface area (Å²) in [5.74, 6) is 1.35. The number of hydrogen-bond acceptors (Lipinski definition) is 2. The molecule has 3 nitrogen and oxygen atoms in total. The second kappa shape index (κ2) is 9.91. The molecule has 0 aliphatic heterocycles. The van der Waals surface area contributed by atoms with Crippen molar-refractivity contribution in [2.45, 2.75) is 39.5 Å². The maximum absolute atomic E-state index is 11.6. The van der Waals surface area contributed by atoms with Crippen LogP contribution in [0.25, 0.3) is 0 Å². The van der Waals surface area contributed by atoms with E-state index in [1.54, 1.807) is 18.2 Å². The molecule has 0 unspecified atom stereocenters. The van der Waals surface area contributed by atoms with Crippen LogP contribution in [-0.2, 0) is 4.79 Å². The summed E-state index contributed by atoms with van der Waals surface area (Å²) in [5, 5.41) is 3.98. The lowest BCUT2D eigenvalue weighted by atomic mass is 10.1. The van der Waals surface area contributed by atoms with Crippen molar-refractivity contribution < 1.29 is 9.53 Å². The summed E-state index contributed by atoms with van der Waals surface area (Å²) in [7, 11) is 0. The minimum absolute atomic E-state index is 0.0737. The fourth-order valence-corrected chi connectivity index (χ4v) is 2.30. The van der Waals surface area contributed by atoms with Crippen LogP contribution in [0.4, 0.5) is 0 Å². The fraction of sp³-hybridized carbons (Fsp3) is 0.562. The van der Waals surface area contributed by atoms with Crippen LogP contribution in [0.2, 0.25) is 10.0 Å². The predicted molar refractivity (Wildman–Crippen MR) is 88.3 cm³/mol. The van der Waals surface area contributed by atoms with Crippen LogP contribution in [0.3, 0.4) is 0 Å². The third-order valence-corrected chi connectivity index (χ3v) is 3.51. The molecule has 0 aliphatic rings. The number of rotatable bonds is 9. The van der Waals surface area contributed by atoms with E-state index in [1.165, 1.54) is 0 Å². The lowest BCUT2D eigenvalue weighted by Crippen LogP contribution is -2.24. The molecule has 21 heavy (non-hydrogen) atoms. The van der Waals surface area contributed by atoms with Crippen molar-refractivity contribution in [1.29, 1.82) is 0 Å². The number of carbonyl (C=O) groups excluding carboxylic acids is 1. The van der Waals surface area contributed by atoms with Gasteiger partial charge in [0.1, 0.15) is 5.75 Å². The Kier molecular flexibility index (Phi) is 8.55. The molecule has 0 aliphatic carbocycles. The zero-order valence-electron chi connectivity index (χ0n) is 12.6. The van der Waals surface area contributed by atoms with Gasteiger partial charge in [0, 0.05) is 18.0 Å². The third-order valence-electron chi connectivity index (χ3n) is 2.98. The van der Waals surface area contributed by atoms with E-state index in [4.69, 9.17) is 27.9 Å². The highest BCUT2D eigenvalue weighted by Crippen LogP contribution is 2.27. The largest absolute Gasteiger partial charge is 0.492 e. The average molecular weight is 332 g/mol. The summed E-state index contributed by atoms with van der Waals surface area (Å²) in [6.45, 7) is 5.57. The summed E-state index contributed by atoms with van der Waals surface area (Å²) in [6, 6.07) is 5.10. The molecule has 1 aromatic rings. The minimum Gasteiger partial charge on any atom is -0.492 e. The number of halogens is 2. The predicted octanol–water partition coefficient (Wildman–Crippen LogP) is 4.70. The molecule has 0 saturated heterocycles. The maximum Gasteiger partial charge on any atom is 0.220 e. The lowest BCUT2D eigenvalue weighted by Gasteiger charge is -2.09. The highest BCUT2D eigenvalue weighted by molar-refractivity contribution is 6.35. The molecule has 1 amide bonds. The molecule has 1 aromatic carbocycles. The first-order valence-corrected chi connectivity index (χ1v) is 8.09. The Bertz CT molecular complexity index is 450. The number of nitrogens with one attached hydrogen (secondary N) is 1. The normalized spacial score (nSPS) is 10.7. The van der Waals surface area contributed by atoms with E-state index in [0.29, 0.717) is 41.2 Å². The van der Waals surface area contributed by atoms with E-state index in [1.807, 2.05) is 0 Å². The van der Waals surface area contributed by atoms with Crippen LogP contribution in [-0.4, -0.2) is 19.1 Å². The van der Waals surface area contributed by atoms with Gasteiger partial charge in [-0.15, -0.1) is 0 Å². The van der Waals surface area contributed by atoms with E-state index < -0.39 is 0 Å². The second-order valence-corrected chi connectivity index (χ2v) is 6.26. The molecule has 0 fully saturated rings. The number of ether oxygens (including phenoxy) is 1. The quantitative estimate of drug-likeness (QED) is 0.665. The molecule has 1 N–H and O–H groups in total. The van der Waals surface area contributed by atoms with E-state index >= 15 is 0 Å². The van der Waals surface area contributed by atoms with Crippen molar-refractivity contribution in [3.8, 4) is 5.75 Å². The minimum atomic E-state index is 0.0737. The Morgan fingerprint density at radius 1 is 1.29 bits per heavy atom. The SMILES string of the molecule is CC(C)CCCNC(=O)CCCOc1ccc(Cl)cc1Cl. The van der Waals surface area contributed by atoms with E-state index in [9.17, 15) is 4.79 Å². The summed E-state index contributed by atoms with van der Waals surface area (Å²) in [6.07, 6.45) is 3.29. The van der Waals surface area contributed by atoms with Crippen molar-refractivity contribution in [3.05, 3.63) is 28.2 Å².